The quantitative estimate of drug-likeness (QED) is 0.455. The Bertz CT molecular complexity index is 1280. The van der Waals surface area contributed by atoms with Gasteiger partial charge in [0, 0.05) is 18.0 Å². The summed E-state index contributed by atoms with van der Waals surface area (Å²) in [6.45, 7) is 2.17. The van der Waals surface area contributed by atoms with Crippen LogP contribution < -0.4 is 10.1 Å². The van der Waals surface area contributed by atoms with Crippen molar-refractivity contribution in [3.8, 4) is 16.9 Å². The molecule has 34 heavy (non-hydrogen) atoms. The van der Waals surface area contributed by atoms with Crippen LogP contribution in [-0.2, 0) is 21.2 Å². The second-order valence-corrected chi connectivity index (χ2v) is 10.2. The van der Waals surface area contributed by atoms with Gasteiger partial charge in [0.1, 0.15) is 28.2 Å². The number of hydrogen-bond acceptors (Lipinski definition) is 6. The summed E-state index contributed by atoms with van der Waals surface area (Å²) in [5, 5.41) is 12.0. The smallest absolute Gasteiger partial charge is 0.326 e. The second kappa shape index (κ2) is 10.9. The molecule has 2 aromatic carbocycles. The van der Waals surface area contributed by atoms with E-state index in [1.54, 1.807) is 36.7 Å². The first-order valence-electron chi connectivity index (χ1n) is 10.6. The van der Waals surface area contributed by atoms with E-state index in [9.17, 15) is 23.1 Å². The second-order valence-electron chi connectivity index (χ2n) is 7.96. The molecule has 0 aliphatic carbocycles. The Morgan fingerprint density at radius 2 is 1.85 bits per heavy atom. The molecule has 0 aliphatic rings. The Morgan fingerprint density at radius 3 is 2.50 bits per heavy atom. The molecule has 0 fully saturated rings. The fourth-order valence-corrected chi connectivity index (χ4v) is 4.07. The van der Waals surface area contributed by atoms with E-state index in [0.717, 1.165) is 22.9 Å². The maximum Gasteiger partial charge on any atom is 0.326 e. The summed E-state index contributed by atoms with van der Waals surface area (Å²) in [6, 6.07) is 15.0. The summed E-state index contributed by atoms with van der Waals surface area (Å²) in [5.41, 5.74) is 3.47. The first kappa shape index (κ1) is 24.9. The molecule has 3 aromatic rings. The molecule has 1 heterocycles. The van der Waals surface area contributed by atoms with E-state index in [2.05, 4.69) is 10.3 Å². The minimum absolute atomic E-state index is 0.226. The monoisotopic (exact) mass is 482 g/mol. The molecule has 0 aliphatic heterocycles. The number of carboxylic acids is 1. The Labute approximate surface area is 198 Å². The van der Waals surface area contributed by atoms with Gasteiger partial charge >= 0.3 is 5.97 Å². The van der Waals surface area contributed by atoms with Crippen LogP contribution in [0, 0.1) is 6.92 Å². The van der Waals surface area contributed by atoms with Crippen molar-refractivity contribution in [3.63, 3.8) is 0 Å². The zero-order valence-electron chi connectivity index (χ0n) is 18.9. The topological polar surface area (TPSA) is 123 Å². The molecule has 1 amide bonds. The number of sulfone groups is 1. The minimum Gasteiger partial charge on any atom is -0.487 e. The van der Waals surface area contributed by atoms with Crippen molar-refractivity contribution in [1.82, 2.24) is 10.3 Å². The van der Waals surface area contributed by atoms with Crippen LogP contribution in [0.5, 0.6) is 5.75 Å². The summed E-state index contributed by atoms with van der Waals surface area (Å²) in [7, 11) is -3.38. The minimum atomic E-state index is -3.38. The Balaban J connectivity index is 1.91. The molecule has 0 radical (unpaired) electrons. The van der Waals surface area contributed by atoms with Gasteiger partial charge in [0.25, 0.3) is 5.91 Å². The first-order valence-corrected chi connectivity index (χ1v) is 12.6. The molecule has 1 aromatic heterocycles. The SMILES string of the molecule is Cc1ccccc1-c1cc(COc2cccnc2)ccc1C(=O)NC(CCS(C)(=O)=O)C(=O)O. The van der Waals surface area contributed by atoms with E-state index in [0.29, 0.717) is 11.3 Å². The lowest BCUT2D eigenvalue weighted by Gasteiger charge is -2.18. The average molecular weight is 483 g/mol. The van der Waals surface area contributed by atoms with Gasteiger partial charge in [-0.15, -0.1) is 0 Å². The highest BCUT2D eigenvalue weighted by Crippen LogP contribution is 2.29. The van der Waals surface area contributed by atoms with Crippen LogP contribution >= 0.6 is 0 Å². The molecule has 178 valence electrons. The summed E-state index contributed by atoms with van der Waals surface area (Å²) in [4.78, 5) is 28.8. The molecule has 3 rings (SSSR count). The molecule has 0 saturated heterocycles. The van der Waals surface area contributed by atoms with Gasteiger partial charge in [-0.25, -0.2) is 13.2 Å². The maximum atomic E-state index is 13.1. The predicted molar refractivity (Wildman–Crippen MR) is 128 cm³/mol. The summed E-state index contributed by atoms with van der Waals surface area (Å²) in [5.74, 6) is -1.63. The highest BCUT2D eigenvalue weighted by Gasteiger charge is 2.24. The standard InChI is InChI=1S/C25H26N2O6S/c1-17-6-3-4-8-20(17)22-14-18(16-33-19-7-5-12-26-15-19)9-10-21(22)24(28)27-23(25(29)30)11-13-34(2,31)32/h3-10,12,14-15,23H,11,13,16H2,1-2H3,(H,27,28)(H,29,30). The van der Waals surface area contributed by atoms with Crippen molar-refractivity contribution in [1.29, 1.82) is 0 Å². The van der Waals surface area contributed by atoms with Crippen molar-refractivity contribution in [2.24, 2.45) is 0 Å². The Hall–Kier alpha value is -3.72. The molecule has 1 atom stereocenters. The van der Waals surface area contributed by atoms with E-state index in [1.165, 1.54) is 0 Å². The van der Waals surface area contributed by atoms with Crippen LogP contribution in [0.2, 0.25) is 0 Å². The van der Waals surface area contributed by atoms with E-state index >= 15 is 0 Å². The lowest BCUT2D eigenvalue weighted by molar-refractivity contribution is -0.139. The number of aryl methyl sites for hydroxylation is 1. The van der Waals surface area contributed by atoms with Gasteiger partial charge < -0.3 is 15.2 Å². The molecular formula is C25H26N2O6S. The first-order chi connectivity index (χ1) is 16.1. The average Bonchev–Trinajstić information content (AvgIpc) is 2.80. The van der Waals surface area contributed by atoms with Crippen LogP contribution in [0.3, 0.4) is 0 Å². The van der Waals surface area contributed by atoms with E-state index in [-0.39, 0.29) is 24.3 Å². The van der Waals surface area contributed by atoms with Crippen molar-refractivity contribution in [3.05, 3.63) is 83.7 Å². The normalized spacial score (nSPS) is 12.1. The lowest BCUT2D eigenvalue weighted by Crippen LogP contribution is -2.42. The fraction of sp³-hybridized carbons (Fsp3) is 0.240. The third-order valence-corrected chi connectivity index (χ3v) is 6.16. The van der Waals surface area contributed by atoms with E-state index in [4.69, 9.17) is 4.74 Å². The number of aromatic nitrogens is 1. The number of carbonyl (C=O) groups excluding carboxylic acids is 1. The van der Waals surface area contributed by atoms with Gasteiger partial charge in [-0.2, -0.15) is 0 Å². The highest BCUT2D eigenvalue weighted by atomic mass is 32.2. The van der Waals surface area contributed by atoms with Gasteiger partial charge in [-0.05, 0) is 59.9 Å². The van der Waals surface area contributed by atoms with Crippen molar-refractivity contribution < 1.29 is 27.9 Å². The zero-order chi connectivity index (χ0) is 24.7. The van der Waals surface area contributed by atoms with Gasteiger partial charge in [-0.1, -0.05) is 30.3 Å². The molecule has 0 spiro atoms. The van der Waals surface area contributed by atoms with Gasteiger partial charge in [0.15, 0.2) is 0 Å². The summed E-state index contributed by atoms with van der Waals surface area (Å²) < 4.78 is 28.7. The fourth-order valence-electron chi connectivity index (χ4n) is 3.40. The van der Waals surface area contributed by atoms with Crippen LogP contribution in [0.15, 0.2) is 67.0 Å². The third kappa shape index (κ3) is 6.89. The molecular weight excluding hydrogens is 456 g/mol. The van der Waals surface area contributed by atoms with Gasteiger partial charge in [0.2, 0.25) is 0 Å². The number of carbonyl (C=O) groups is 2. The van der Waals surface area contributed by atoms with Crippen molar-refractivity contribution in [2.75, 3.05) is 12.0 Å². The Kier molecular flexibility index (Phi) is 8.01. The predicted octanol–water partition coefficient (Wildman–Crippen LogP) is 3.25. The number of benzene rings is 2. The van der Waals surface area contributed by atoms with Crippen molar-refractivity contribution in [2.45, 2.75) is 26.0 Å². The van der Waals surface area contributed by atoms with Gasteiger partial charge in [-0.3, -0.25) is 9.78 Å². The number of pyridine rings is 1. The number of hydrogen-bond donors (Lipinski definition) is 2. The highest BCUT2D eigenvalue weighted by molar-refractivity contribution is 7.90. The Morgan fingerprint density at radius 1 is 1.09 bits per heavy atom. The summed E-state index contributed by atoms with van der Waals surface area (Å²) >= 11 is 0. The molecule has 0 saturated carbocycles. The maximum absolute atomic E-state index is 13.1. The number of nitrogens with one attached hydrogen (secondary N) is 1. The molecule has 2 N–H and O–H groups in total. The molecule has 0 bridgehead atoms. The van der Waals surface area contributed by atoms with E-state index < -0.39 is 27.8 Å². The largest absolute Gasteiger partial charge is 0.487 e. The number of ether oxygens (including phenoxy) is 1. The van der Waals surface area contributed by atoms with Crippen LogP contribution in [-0.4, -0.2) is 48.4 Å². The van der Waals surface area contributed by atoms with Gasteiger partial charge in [0.05, 0.1) is 11.9 Å². The number of aliphatic carboxylic acids is 1. The molecule has 9 heteroatoms. The lowest BCUT2D eigenvalue weighted by atomic mass is 9.93. The van der Waals surface area contributed by atoms with Crippen LogP contribution in [0.25, 0.3) is 11.1 Å². The number of amides is 1. The molecule has 1 unspecified atom stereocenters. The van der Waals surface area contributed by atoms with Crippen molar-refractivity contribution >= 4 is 21.7 Å². The summed E-state index contributed by atoms with van der Waals surface area (Å²) in [6.07, 6.45) is 4.05. The molecule has 8 nitrogen and oxygen atoms in total. The third-order valence-electron chi connectivity index (χ3n) is 5.18. The van der Waals surface area contributed by atoms with E-state index in [1.807, 2.05) is 37.3 Å². The van der Waals surface area contributed by atoms with Crippen LogP contribution in [0.4, 0.5) is 0 Å². The number of rotatable bonds is 10. The number of nitrogens with zero attached hydrogens (tertiary/aromatic N) is 1. The zero-order valence-corrected chi connectivity index (χ0v) is 19.7. The number of carboxylic acid groups (broad SMARTS) is 1. The van der Waals surface area contributed by atoms with Crippen LogP contribution in [0.1, 0.15) is 27.9 Å².